The van der Waals surface area contributed by atoms with Crippen molar-refractivity contribution in [1.29, 1.82) is 0 Å². The molecule has 0 fully saturated rings. The number of aryl methyl sites for hydroxylation is 1. The largest absolute Gasteiger partial charge is 0.0654 e. The molecule has 0 unspecified atom stereocenters. The highest BCUT2D eigenvalue weighted by atomic mass is 14.1. The van der Waals surface area contributed by atoms with Crippen molar-refractivity contribution < 1.29 is 0 Å². The summed E-state index contributed by atoms with van der Waals surface area (Å²) in [6.45, 7) is 2.29. The van der Waals surface area contributed by atoms with E-state index < -0.39 is 0 Å². The van der Waals surface area contributed by atoms with E-state index in [4.69, 9.17) is 0 Å². The van der Waals surface area contributed by atoms with E-state index in [0.717, 1.165) is 0 Å². The summed E-state index contributed by atoms with van der Waals surface area (Å²) in [4.78, 5) is 0. The summed E-state index contributed by atoms with van der Waals surface area (Å²) in [6, 6.07) is 29.2. The molecule has 166 valence electrons. The second-order valence-electron chi connectivity index (χ2n) is 9.32. The third kappa shape index (κ3) is 5.80. The van der Waals surface area contributed by atoms with Crippen molar-refractivity contribution in [2.24, 2.45) is 0 Å². The molecule has 0 saturated heterocycles. The third-order valence-corrected chi connectivity index (χ3v) is 6.85. The lowest BCUT2D eigenvalue weighted by Gasteiger charge is -2.13. The first kappa shape index (κ1) is 22.6. The lowest BCUT2D eigenvalue weighted by Crippen LogP contribution is -1.92. The fourth-order valence-corrected chi connectivity index (χ4v) is 5.01. The Morgan fingerprint density at radius 3 is 1.78 bits per heavy atom. The molecule has 0 aromatic heterocycles. The van der Waals surface area contributed by atoms with Crippen LogP contribution in [0.2, 0.25) is 0 Å². The molecule has 0 spiro atoms. The maximum absolute atomic E-state index is 2.37. The zero-order valence-corrected chi connectivity index (χ0v) is 19.8. The van der Waals surface area contributed by atoms with Crippen LogP contribution in [0.1, 0.15) is 76.7 Å². The van der Waals surface area contributed by atoms with Gasteiger partial charge in [-0.05, 0) is 63.2 Å². The highest BCUT2D eigenvalue weighted by Crippen LogP contribution is 2.34. The first-order valence-corrected chi connectivity index (χ1v) is 12.9. The van der Waals surface area contributed by atoms with Gasteiger partial charge in [-0.15, -0.1) is 0 Å². The number of hydrogen-bond donors (Lipinski definition) is 0. The monoisotopic (exact) mass is 422 g/mol. The van der Waals surface area contributed by atoms with Gasteiger partial charge in [0.25, 0.3) is 0 Å². The Kier molecular flexibility index (Phi) is 8.37. The molecule has 0 heteroatoms. The van der Waals surface area contributed by atoms with Gasteiger partial charge in [-0.25, -0.2) is 0 Å². The maximum Gasteiger partial charge on any atom is -0.00989 e. The predicted molar refractivity (Wildman–Crippen MR) is 142 cm³/mol. The normalized spacial score (nSPS) is 11.4. The Hall–Kier alpha value is -2.60. The minimum atomic E-state index is 1.18. The van der Waals surface area contributed by atoms with Crippen LogP contribution in [0.4, 0.5) is 0 Å². The molecule has 0 atom stereocenters. The van der Waals surface area contributed by atoms with Crippen molar-refractivity contribution in [2.45, 2.75) is 77.6 Å². The van der Waals surface area contributed by atoms with Gasteiger partial charge in [-0.2, -0.15) is 0 Å². The molecule has 0 nitrogen and oxygen atoms in total. The van der Waals surface area contributed by atoms with Crippen molar-refractivity contribution in [1.82, 2.24) is 0 Å². The van der Waals surface area contributed by atoms with Crippen LogP contribution in [-0.2, 0) is 6.42 Å². The smallest absolute Gasteiger partial charge is 0.00989 e. The Labute approximate surface area is 194 Å². The zero-order valence-electron chi connectivity index (χ0n) is 19.8. The molecule has 0 aliphatic carbocycles. The Balaban J connectivity index is 1.40. The van der Waals surface area contributed by atoms with Crippen LogP contribution >= 0.6 is 0 Å². The molecule has 0 saturated carbocycles. The summed E-state index contributed by atoms with van der Waals surface area (Å²) in [6.07, 6.45) is 15.1. The van der Waals surface area contributed by atoms with Crippen molar-refractivity contribution in [3.8, 4) is 11.1 Å². The highest BCUT2D eigenvalue weighted by molar-refractivity contribution is 6.05. The van der Waals surface area contributed by atoms with Crippen LogP contribution in [0, 0.1) is 0 Å². The van der Waals surface area contributed by atoms with Crippen molar-refractivity contribution >= 4 is 21.5 Å². The van der Waals surface area contributed by atoms with Crippen LogP contribution < -0.4 is 0 Å². The SMILES string of the molecule is CCCCCCCCCCCCc1ccccc1-c1cccc2cc3ccccc3cc12. The first-order valence-electron chi connectivity index (χ1n) is 12.9. The Bertz CT molecular complexity index is 1120. The van der Waals surface area contributed by atoms with E-state index in [0.29, 0.717) is 0 Å². The molecular weight excluding hydrogens is 384 g/mol. The average molecular weight is 423 g/mol. The molecule has 4 aromatic rings. The van der Waals surface area contributed by atoms with Gasteiger partial charge in [0.05, 0.1) is 0 Å². The molecule has 4 rings (SSSR count). The van der Waals surface area contributed by atoms with Crippen molar-refractivity contribution in [3.63, 3.8) is 0 Å². The molecule has 0 radical (unpaired) electrons. The molecule has 0 aliphatic rings. The molecule has 0 aliphatic heterocycles. The standard InChI is InChI=1S/C32H38/c1-2-3-4-5-6-7-8-9-10-11-17-26-18-14-15-22-30(26)31-23-16-21-29-24-27-19-12-13-20-28(27)25-32(29)31/h12-16,18-25H,2-11,17H2,1H3. The summed E-state index contributed by atoms with van der Waals surface area (Å²) < 4.78 is 0. The second-order valence-corrected chi connectivity index (χ2v) is 9.32. The van der Waals surface area contributed by atoms with E-state index in [-0.39, 0.29) is 0 Å². The minimum Gasteiger partial charge on any atom is -0.0654 e. The van der Waals surface area contributed by atoms with Gasteiger partial charge in [0, 0.05) is 0 Å². The quantitative estimate of drug-likeness (QED) is 0.157. The minimum absolute atomic E-state index is 1.18. The summed E-state index contributed by atoms with van der Waals surface area (Å²) in [7, 11) is 0. The maximum atomic E-state index is 2.37. The van der Waals surface area contributed by atoms with E-state index in [1.807, 2.05) is 0 Å². The first-order chi connectivity index (χ1) is 15.9. The molecule has 0 bridgehead atoms. The topological polar surface area (TPSA) is 0 Å². The van der Waals surface area contributed by atoms with Gasteiger partial charge in [0.15, 0.2) is 0 Å². The van der Waals surface area contributed by atoms with Gasteiger partial charge in [-0.1, -0.05) is 131 Å². The lowest BCUT2D eigenvalue weighted by molar-refractivity contribution is 0.556. The van der Waals surface area contributed by atoms with E-state index in [1.54, 1.807) is 0 Å². The van der Waals surface area contributed by atoms with Crippen LogP contribution in [0.3, 0.4) is 0 Å². The molecule has 32 heavy (non-hydrogen) atoms. The van der Waals surface area contributed by atoms with Crippen LogP contribution in [-0.4, -0.2) is 0 Å². The van der Waals surface area contributed by atoms with E-state index in [1.165, 1.54) is 109 Å². The molecule has 0 amide bonds. The van der Waals surface area contributed by atoms with Gasteiger partial charge in [0.1, 0.15) is 0 Å². The summed E-state index contributed by atoms with van der Waals surface area (Å²) >= 11 is 0. The van der Waals surface area contributed by atoms with Crippen LogP contribution in [0.25, 0.3) is 32.7 Å². The van der Waals surface area contributed by atoms with Crippen LogP contribution in [0.5, 0.6) is 0 Å². The Morgan fingerprint density at radius 2 is 1.03 bits per heavy atom. The Morgan fingerprint density at radius 1 is 0.469 bits per heavy atom. The van der Waals surface area contributed by atoms with Gasteiger partial charge in [0.2, 0.25) is 0 Å². The van der Waals surface area contributed by atoms with E-state index >= 15 is 0 Å². The van der Waals surface area contributed by atoms with Gasteiger partial charge in [-0.3, -0.25) is 0 Å². The zero-order chi connectivity index (χ0) is 22.0. The fraction of sp³-hybridized carbons (Fsp3) is 0.375. The van der Waals surface area contributed by atoms with E-state index in [2.05, 4.69) is 85.8 Å². The third-order valence-electron chi connectivity index (χ3n) is 6.85. The highest BCUT2D eigenvalue weighted by Gasteiger charge is 2.09. The number of benzene rings is 4. The average Bonchev–Trinajstić information content (AvgIpc) is 2.84. The summed E-state index contributed by atoms with van der Waals surface area (Å²) in [5.74, 6) is 0. The number of unbranched alkanes of at least 4 members (excludes halogenated alkanes) is 9. The molecule has 0 heterocycles. The molecular formula is C32H38. The van der Waals surface area contributed by atoms with Crippen molar-refractivity contribution in [2.75, 3.05) is 0 Å². The summed E-state index contributed by atoms with van der Waals surface area (Å²) in [5, 5.41) is 5.33. The second kappa shape index (κ2) is 11.9. The van der Waals surface area contributed by atoms with Gasteiger partial charge >= 0.3 is 0 Å². The lowest BCUT2D eigenvalue weighted by atomic mass is 9.91. The summed E-state index contributed by atoms with van der Waals surface area (Å²) in [5.41, 5.74) is 4.27. The van der Waals surface area contributed by atoms with E-state index in [9.17, 15) is 0 Å². The van der Waals surface area contributed by atoms with Crippen LogP contribution in [0.15, 0.2) is 78.9 Å². The number of rotatable bonds is 12. The molecule has 4 aromatic carbocycles. The fourth-order valence-electron chi connectivity index (χ4n) is 5.01. The number of hydrogen-bond acceptors (Lipinski definition) is 0. The van der Waals surface area contributed by atoms with Gasteiger partial charge < -0.3 is 0 Å². The number of fused-ring (bicyclic) bond motifs is 2. The molecule has 0 N–H and O–H groups in total. The van der Waals surface area contributed by atoms with Crippen molar-refractivity contribution in [3.05, 3.63) is 84.4 Å². The predicted octanol–water partition coefficient (Wildman–Crippen LogP) is 10.1.